The van der Waals surface area contributed by atoms with Crippen LogP contribution in [0, 0.1) is 12.8 Å². The molecule has 0 saturated carbocycles. The summed E-state index contributed by atoms with van der Waals surface area (Å²) in [7, 11) is 4.75. The van der Waals surface area contributed by atoms with Crippen molar-refractivity contribution in [2.24, 2.45) is 5.92 Å². The lowest BCUT2D eigenvalue weighted by atomic mass is 9.89. The Morgan fingerprint density at radius 1 is 1.18 bits per heavy atom. The molecule has 1 aromatic heterocycles. The van der Waals surface area contributed by atoms with Gasteiger partial charge in [-0.25, -0.2) is 0 Å². The average Bonchev–Trinajstić information content (AvgIpc) is 3.35. The first-order valence-corrected chi connectivity index (χ1v) is 11.5. The maximum Gasteiger partial charge on any atom is 0.238 e. The van der Waals surface area contributed by atoms with E-state index in [4.69, 9.17) is 18.9 Å². The lowest BCUT2D eigenvalue weighted by Gasteiger charge is -2.24. The number of epoxide rings is 1. The van der Waals surface area contributed by atoms with Crippen LogP contribution in [0.2, 0.25) is 0 Å². The van der Waals surface area contributed by atoms with Gasteiger partial charge in [0.1, 0.15) is 5.60 Å². The summed E-state index contributed by atoms with van der Waals surface area (Å²) in [5.74, 6) is 0.812. The summed E-state index contributed by atoms with van der Waals surface area (Å²) in [6.45, 7) is 14.6. The molecule has 33 heavy (non-hydrogen) atoms. The molecule has 0 aromatic carbocycles. The van der Waals surface area contributed by atoms with Crippen LogP contribution in [-0.2, 0) is 15.9 Å². The first-order chi connectivity index (χ1) is 15.5. The molecule has 6 heteroatoms. The second-order valence-electron chi connectivity index (χ2n) is 9.42. The molecule has 2 heterocycles. The Bertz CT molecular complexity index is 987. The van der Waals surface area contributed by atoms with Crippen molar-refractivity contribution >= 4 is 0 Å². The van der Waals surface area contributed by atoms with Gasteiger partial charge in [-0.2, -0.15) is 0 Å². The number of allylic oxidation sites excluding steroid dienone is 5. The molecule has 1 aromatic rings. The van der Waals surface area contributed by atoms with Crippen LogP contribution >= 0.6 is 0 Å². The van der Waals surface area contributed by atoms with Crippen LogP contribution in [0.3, 0.4) is 0 Å². The molecule has 2 rings (SSSR count). The van der Waals surface area contributed by atoms with Crippen LogP contribution in [0.1, 0.15) is 59.2 Å². The highest BCUT2D eigenvalue weighted by Gasteiger charge is 2.56. The predicted molar refractivity (Wildman–Crippen MR) is 133 cm³/mol. The van der Waals surface area contributed by atoms with Gasteiger partial charge in [-0.15, -0.1) is 0 Å². The molecule has 6 nitrogen and oxygen atoms in total. The Balaban J connectivity index is 2.07. The summed E-state index contributed by atoms with van der Waals surface area (Å²) >= 11 is 0. The quantitative estimate of drug-likeness (QED) is 0.276. The van der Waals surface area contributed by atoms with Gasteiger partial charge in [0.05, 0.1) is 26.4 Å². The molecule has 0 unspecified atom stereocenters. The summed E-state index contributed by atoms with van der Waals surface area (Å²) in [6, 6.07) is 0. The third-order valence-electron chi connectivity index (χ3n) is 6.57. The molecule has 184 valence electrons. The molecule has 0 spiro atoms. The Kier molecular flexibility index (Phi) is 9.15. The minimum absolute atomic E-state index is 0.0321. The maximum absolute atomic E-state index is 12.5. The maximum atomic E-state index is 12.5. The van der Waals surface area contributed by atoms with Gasteiger partial charge in [-0.3, -0.25) is 4.79 Å². The van der Waals surface area contributed by atoms with E-state index in [1.165, 1.54) is 30.9 Å². The molecule has 1 N–H and O–H groups in total. The van der Waals surface area contributed by atoms with Crippen molar-refractivity contribution in [1.82, 2.24) is 4.98 Å². The fraction of sp³-hybridized carbons (Fsp3) is 0.593. The summed E-state index contributed by atoms with van der Waals surface area (Å²) in [4.78, 5) is 15.7. The van der Waals surface area contributed by atoms with Crippen molar-refractivity contribution in [2.45, 2.75) is 79.1 Å². The van der Waals surface area contributed by atoms with Gasteiger partial charge in [0.15, 0.2) is 0 Å². The van der Waals surface area contributed by atoms with Crippen molar-refractivity contribution in [3.63, 3.8) is 0 Å². The standard InChI is InChI=1S/C27H41NO5/c1-16(11-12-22-20(5)23(29)24(30-8)26(28-22)32-10)13-17(2)14-18(3)15-19(4)25(31-9)27(7)21(6)33-27/h11,14-15,19,21,25H,12-13H2,1-10H3,(H,28,29)/t19-,21-,25-,27+/m1/s1. The second-order valence-corrected chi connectivity index (χ2v) is 9.42. The van der Waals surface area contributed by atoms with Gasteiger partial charge >= 0.3 is 0 Å². The molecule has 1 aliphatic heterocycles. The van der Waals surface area contributed by atoms with Crippen LogP contribution < -0.4 is 14.9 Å². The molecule has 0 radical (unpaired) electrons. The number of methoxy groups -OCH3 is 3. The second kappa shape index (κ2) is 11.2. The van der Waals surface area contributed by atoms with Gasteiger partial charge in [-0.05, 0) is 48.0 Å². The Morgan fingerprint density at radius 3 is 2.33 bits per heavy atom. The van der Waals surface area contributed by atoms with E-state index >= 15 is 0 Å². The normalized spacial score (nSPS) is 23.3. The number of ether oxygens (including phenoxy) is 4. The Labute approximate surface area is 198 Å². The predicted octanol–water partition coefficient (Wildman–Crippen LogP) is 5.30. The van der Waals surface area contributed by atoms with E-state index in [1.807, 2.05) is 0 Å². The van der Waals surface area contributed by atoms with E-state index in [9.17, 15) is 4.79 Å². The topological polar surface area (TPSA) is 73.1 Å². The van der Waals surface area contributed by atoms with E-state index in [2.05, 4.69) is 64.8 Å². The zero-order valence-corrected chi connectivity index (χ0v) is 21.9. The van der Waals surface area contributed by atoms with E-state index < -0.39 is 0 Å². The molecule has 0 bridgehead atoms. The summed E-state index contributed by atoms with van der Waals surface area (Å²) < 4.78 is 22.0. The molecule has 0 amide bonds. The number of pyridine rings is 1. The lowest BCUT2D eigenvalue weighted by molar-refractivity contribution is 0.0132. The first kappa shape index (κ1) is 26.9. The lowest BCUT2D eigenvalue weighted by Crippen LogP contribution is -2.35. The molecular formula is C27H41NO5. The van der Waals surface area contributed by atoms with E-state index in [0.717, 1.165) is 12.1 Å². The van der Waals surface area contributed by atoms with Crippen LogP contribution in [0.4, 0.5) is 0 Å². The minimum atomic E-state index is -0.202. The minimum Gasteiger partial charge on any atom is -0.488 e. The van der Waals surface area contributed by atoms with Crippen molar-refractivity contribution in [3.05, 3.63) is 56.4 Å². The summed E-state index contributed by atoms with van der Waals surface area (Å²) in [5, 5.41) is 0. The molecule has 1 saturated heterocycles. The SMILES string of the molecule is COc1[nH]c(CC=C(C)CC(C)=CC(C)=C[C@@H](C)[C@@H](OC)[C@@]2(C)O[C@@H]2C)c(C)c(=O)c1OC. The van der Waals surface area contributed by atoms with Crippen molar-refractivity contribution < 1.29 is 18.9 Å². The van der Waals surface area contributed by atoms with E-state index in [-0.39, 0.29) is 34.9 Å². The van der Waals surface area contributed by atoms with Crippen LogP contribution in [-0.4, -0.2) is 44.1 Å². The van der Waals surface area contributed by atoms with Crippen LogP contribution in [0.25, 0.3) is 0 Å². The first-order valence-electron chi connectivity index (χ1n) is 11.5. The van der Waals surface area contributed by atoms with Crippen molar-refractivity contribution in [3.8, 4) is 11.6 Å². The molecular weight excluding hydrogens is 418 g/mol. The van der Waals surface area contributed by atoms with Gasteiger partial charge < -0.3 is 23.9 Å². The van der Waals surface area contributed by atoms with Crippen molar-refractivity contribution in [1.29, 1.82) is 0 Å². The van der Waals surface area contributed by atoms with Gasteiger partial charge in [-0.1, -0.05) is 41.9 Å². The fourth-order valence-corrected chi connectivity index (χ4v) is 4.63. The Hall–Kier alpha value is -2.31. The van der Waals surface area contributed by atoms with Gasteiger partial charge in [0.25, 0.3) is 0 Å². The molecule has 0 aliphatic carbocycles. The highest BCUT2D eigenvalue weighted by atomic mass is 16.6. The highest BCUT2D eigenvalue weighted by molar-refractivity contribution is 5.40. The van der Waals surface area contributed by atoms with Gasteiger partial charge in [0.2, 0.25) is 17.1 Å². The third kappa shape index (κ3) is 6.39. The smallest absolute Gasteiger partial charge is 0.238 e. The van der Waals surface area contributed by atoms with Crippen LogP contribution in [0.5, 0.6) is 11.6 Å². The average molecular weight is 460 g/mol. The summed E-state index contributed by atoms with van der Waals surface area (Å²) in [6.07, 6.45) is 8.38. The van der Waals surface area contributed by atoms with Crippen LogP contribution in [0.15, 0.2) is 39.7 Å². The number of hydrogen-bond donors (Lipinski definition) is 1. The largest absolute Gasteiger partial charge is 0.488 e. The fourth-order valence-electron chi connectivity index (χ4n) is 4.63. The zero-order chi connectivity index (χ0) is 24.9. The highest BCUT2D eigenvalue weighted by Crippen LogP contribution is 2.43. The molecule has 1 aliphatic rings. The molecule has 1 fully saturated rings. The number of hydrogen-bond acceptors (Lipinski definition) is 5. The van der Waals surface area contributed by atoms with E-state index in [0.29, 0.717) is 17.9 Å². The van der Waals surface area contributed by atoms with E-state index in [1.54, 1.807) is 14.0 Å². The summed E-state index contributed by atoms with van der Waals surface area (Å²) in [5.41, 5.74) is 4.86. The number of nitrogens with one attached hydrogen (secondary N) is 1. The van der Waals surface area contributed by atoms with Gasteiger partial charge in [0, 0.05) is 30.7 Å². The Morgan fingerprint density at radius 2 is 1.82 bits per heavy atom. The number of H-pyrrole nitrogens is 1. The zero-order valence-electron chi connectivity index (χ0n) is 21.9. The third-order valence-corrected chi connectivity index (χ3v) is 6.57. The van der Waals surface area contributed by atoms with Crippen molar-refractivity contribution in [2.75, 3.05) is 21.3 Å². The number of rotatable bonds is 11. The number of aromatic nitrogens is 1. The number of aromatic amines is 1. The molecule has 4 atom stereocenters. The monoisotopic (exact) mass is 459 g/mol.